The molecule has 2 rings (SSSR count). The lowest BCUT2D eigenvalue weighted by Crippen LogP contribution is -2.30. The highest BCUT2D eigenvalue weighted by Gasteiger charge is 2.18. The first kappa shape index (κ1) is 11.5. The Labute approximate surface area is 96.2 Å². The third-order valence-corrected chi connectivity index (χ3v) is 3.08. The minimum atomic E-state index is -1.43. The molecule has 0 aromatic heterocycles. The molecule has 1 aromatic rings. The molecule has 0 bridgehead atoms. The van der Waals surface area contributed by atoms with Crippen molar-refractivity contribution in [2.45, 2.75) is 26.2 Å². The summed E-state index contributed by atoms with van der Waals surface area (Å²) in [4.78, 5) is 0. The van der Waals surface area contributed by atoms with Crippen LogP contribution in [0, 0.1) is 12.8 Å². The van der Waals surface area contributed by atoms with Crippen molar-refractivity contribution in [3.63, 3.8) is 0 Å². The lowest BCUT2D eigenvalue weighted by atomic mass is 9.79. The molecule has 1 saturated carbocycles. The molecule has 0 amide bonds. The average Bonchev–Trinajstić information content (AvgIpc) is 2.14. The molecule has 2 N–H and O–H groups in total. The molecule has 3 nitrogen and oxygen atoms in total. The van der Waals surface area contributed by atoms with Crippen LogP contribution in [0.3, 0.4) is 0 Å². The highest BCUT2D eigenvalue weighted by molar-refractivity contribution is 6.58. The normalized spacial score (nSPS) is 15.7. The smallest absolute Gasteiger partial charge is 0.488 e. The fraction of sp³-hybridized carbons (Fsp3) is 0.500. The number of ether oxygens (including phenoxy) is 1. The van der Waals surface area contributed by atoms with Gasteiger partial charge in [0.1, 0.15) is 5.75 Å². The Morgan fingerprint density at radius 2 is 2.06 bits per heavy atom. The van der Waals surface area contributed by atoms with Crippen molar-refractivity contribution in [2.75, 3.05) is 6.61 Å². The van der Waals surface area contributed by atoms with E-state index in [0.29, 0.717) is 11.4 Å². The molecule has 16 heavy (non-hydrogen) atoms. The molecule has 1 aliphatic carbocycles. The summed E-state index contributed by atoms with van der Waals surface area (Å²) in [5.74, 6) is 1.41. The molecule has 1 aromatic carbocycles. The van der Waals surface area contributed by atoms with Crippen molar-refractivity contribution >= 4 is 12.6 Å². The van der Waals surface area contributed by atoms with Gasteiger partial charge in [0.15, 0.2) is 0 Å². The van der Waals surface area contributed by atoms with E-state index in [2.05, 4.69) is 0 Å². The molecule has 1 aliphatic rings. The summed E-state index contributed by atoms with van der Waals surface area (Å²) < 4.78 is 5.66. The van der Waals surface area contributed by atoms with Gasteiger partial charge in [0.2, 0.25) is 0 Å². The van der Waals surface area contributed by atoms with E-state index in [4.69, 9.17) is 14.8 Å². The van der Waals surface area contributed by atoms with Gasteiger partial charge in [0.05, 0.1) is 6.61 Å². The van der Waals surface area contributed by atoms with Crippen molar-refractivity contribution < 1.29 is 14.8 Å². The van der Waals surface area contributed by atoms with Gasteiger partial charge >= 0.3 is 7.12 Å². The van der Waals surface area contributed by atoms with Crippen LogP contribution >= 0.6 is 0 Å². The molecular weight excluding hydrogens is 203 g/mol. The van der Waals surface area contributed by atoms with E-state index < -0.39 is 7.12 Å². The quantitative estimate of drug-likeness (QED) is 0.739. The maximum atomic E-state index is 9.11. The van der Waals surface area contributed by atoms with E-state index in [0.717, 1.165) is 17.9 Å². The van der Waals surface area contributed by atoms with Crippen LogP contribution in [0.1, 0.15) is 24.8 Å². The summed E-state index contributed by atoms with van der Waals surface area (Å²) in [6.45, 7) is 2.66. The van der Waals surface area contributed by atoms with Gasteiger partial charge in [-0.25, -0.2) is 0 Å². The number of aryl methyl sites for hydroxylation is 1. The van der Waals surface area contributed by atoms with E-state index in [-0.39, 0.29) is 0 Å². The van der Waals surface area contributed by atoms with Gasteiger partial charge in [-0.1, -0.05) is 12.5 Å². The minimum Gasteiger partial charge on any atom is -0.493 e. The molecule has 0 unspecified atom stereocenters. The van der Waals surface area contributed by atoms with Crippen molar-refractivity contribution in [1.29, 1.82) is 0 Å². The molecule has 1 fully saturated rings. The summed E-state index contributed by atoms with van der Waals surface area (Å²) in [5.41, 5.74) is 1.47. The van der Waals surface area contributed by atoms with Crippen LogP contribution in [0.5, 0.6) is 5.75 Å². The van der Waals surface area contributed by atoms with Crippen molar-refractivity contribution in [2.24, 2.45) is 5.92 Å². The van der Waals surface area contributed by atoms with E-state index in [1.807, 2.05) is 13.0 Å². The van der Waals surface area contributed by atoms with Crippen molar-refractivity contribution in [3.8, 4) is 5.75 Å². The van der Waals surface area contributed by atoms with Gasteiger partial charge < -0.3 is 14.8 Å². The maximum absolute atomic E-state index is 9.11. The van der Waals surface area contributed by atoms with Gasteiger partial charge in [-0.2, -0.15) is 0 Å². The van der Waals surface area contributed by atoms with Gasteiger partial charge in [-0.05, 0) is 48.8 Å². The Bertz CT molecular complexity index is 361. The maximum Gasteiger partial charge on any atom is 0.488 e. The van der Waals surface area contributed by atoms with Crippen LogP contribution < -0.4 is 10.2 Å². The lowest BCUT2D eigenvalue weighted by molar-refractivity contribution is 0.180. The summed E-state index contributed by atoms with van der Waals surface area (Å²) in [7, 11) is -1.43. The highest BCUT2D eigenvalue weighted by atomic mass is 16.5. The third kappa shape index (κ3) is 2.77. The number of hydrogen-bond donors (Lipinski definition) is 2. The van der Waals surface area contributed by atoms with E-state index in [1.54, 1.807) is 12.1 Å². The Balaban J connectivity index is 2.01. The van der Waals surface area contributed by atoms with Crippen molar-refractivity contribution in [1.82, 2.24) is 0 Å². The largest absolute Gasteiger partial charge is 0.493 e. The van der Waals surface area contributed by atoms with Crippen LogP contribution in [0.4, 0.5) is 0 Å². The average molecular weight is 220 g/mol. The van der Waals surface area contributed by atoms with Gasteiger partial charge in [0.25, 0.3) is 0 Å². The Hall–Kier alpha value is -0.995. The topological polar surface area (TPSA) is 49.7 Å². The zero-order chi connectivity index (χ0) is 11.5. The molecule has 0 atom stereocenters. The Morgan fingerprint density at radius 3 is 2.62 bits per heavy atom. The van der Waals surface area contributed by atoms with Gasteiger partial charge in [0, 0.05) is 0 Å². The second-order valence-electron chi connectivity index (χ2n) is 4.56. The fourth-order valence-corrected chi connectivity index (χ4v) is 1.88. The minimum absolute atomic E-state index is 0.489. The van der Waals surface area contributed by atoms with Crippen LogP contribution in [0.25, 0.3) is 0 Å². The van der Waals surface area contributed by atoms with E-state index in [1.165, 1.54) is 19.3 Å². The van der Waals surface area contributed by atoms with Gasteiger partial charge in [-0.3, -0.25) is 0 Å². The summed E-state index contributed by atoms with van der Waals surface area (Å²) in [6, 6.07) is 5.36. The van der Waals surface area contributed by atoms with Crippen molar-refractivity contribution in [3.05, 3.63) is 23.8 Å². The first-order chi connectivity index (χ1) is 7.65. The van der Waals surface area contributed by atoms with E-state index in [9.17, 15) is 0 Å². The Morgan fingerprint density at radius 1 is 1.31 bits per heavy atom. The first-order valence-electron chi connectivity index (χ1n) is 5.75. The molecule has 0 aliphatic heterocycles. The van der Waals surface area contributed by atoms with E-state index >= 15 is 0 Å². The summed E-state index contributed by atoms with van der Waals surface area (Å²) in [5, 5.41) is 18.2. The Kier molecular flexibility index (Phi) is 3.51. The van der Waals surface area contributed by atoms with Crippen LogP contribution in [0.15, 0.2) is 18.2 Å². The molecular formula is C12H17BO3. The molecule has 4 heteroatoms. The number of rotatable bonds is 4. The summed E-state index contributed by atoms with van der Waals surface area (Å²) in [6.07, 6.45) is 3.81. The zero-order valence-corrected chi connectivity index (χ0v) is 9.52. The molecule has 0 spiro atoms. The fourth-order valence-electron chi connectivity index (χ4n) is 1.88. The third-order valence-electron chi connectivity index (χ3n) is 3.08. The monoisotopic (exact) mass is 220 g/mol. The highest BCUT2D eigenvalue weighted by Crippen LogP contribution is 2.27. The number of hydrogen-bond acceptors (Lipinski definition) is 3. The van der Waals surface area contributed by atoms with Crippen LogP contribution in [-0.4, -0.2) is 23.8 Å². The van der Waals surface area contributed by atoms with Crippen LogP contribution in [0.2, 0.25) is 0 Å². The first-order valence-corrected chi connectivity index (χ1v) is 5.75. The summed E-state index contributed by atoms with van der Waals surface area (Å²) >= 11 is 0. The standard InChI is InChI=1S/C12H17BO3/c1-9-5-11(13(14)15)7-12(6-9)16-8-10-3-2-4-10/h5-7,10,14-15H,2-4,8H2,1H3. The number of benzene rings is 1. The predicted octanol–water partition coefficient (Wildman–Crippen LogP) is 0.854. The second kappa shape index (κ2) is 4.89. The second-order valence-corrected chi connectivity index (χ2v) is 4.56. The van der Waals surface area contributed by atoms with Crippen LogP contribution in [-0.2, 0) is 0 Å². The lowest BCUT2D eigenvalue weighted by Gasteiger charge is -2.25. The molecule has 0 heterocycles. The zero-order valence-electron chi connectivity index (χ0n) is 9.52. The molecule has 86 valence electrons. The predicted molar refractivity (Wildman–Crippen MR) is 63.8 cm³/mol. The van der Waals surface area contributed by atoms with Gasteiger partial charge in [-0.15, -0.1) is 0 Å². The molecule has 0 radical (unpaired) electrons. The SMILES string of the molecule is Cc1cc(OCC2CCC2)cc(B(O)O)c1. The molecule has 0 saturated heterocycles.